The van der Waals surface area contributed by atoms with Gasteiger partial charge in [0.2, 0.25) is 5.91 Å². The molecule has 1 aromatic heterocycles. The summed E-state index contributed by atoms with van der Waals surface area (Å²) in [6, 6.07) is 15.3. The van der Waals surface area contributed by atoms with Crippen molar-refractivity contribution in [2.75, 3.05) is 14.1 Å². The summed E-state index contributed by atoms with van der Waals surface area (Å²) in [5, 5.41) is 3.51. The fourth-order valence-electron chi connectivity index (χ4n) is 3.12. The van der Waals surface area contributed by atoms with Crippen molar-refractivity contribution in [3.05, 3.63) is 74.8 Å². The molecule has 0 radical (unpaired) electrons. The highest BCUT2D eigenvalue weighted by Gasteiger charge is 2.09. The van der Waals surface area contributed by atoms with Gasteiger partial charge in [0.1, 0.15) is 0 Å². The molecule has 146 valence electrons. The summed E-state index contributed by atoms with van der Waals surface area (Å²) in [6.45, 7) is 1.51. The number of fused-ring (bicyclic) bond motifs is 1. The van der Waals surface area contributed by atoms with Gasteiger partial charge < -0.3 is 15.2 Å². The molecule has 6 nitrogen and oxygen atoms in total. The first kappa shape index (κ1) is 20.0. The van der Waals surface area contributed by atoms with Gasteiger partial charge in [0.15, 0.2) is 4.77 Å². The summed E-state index contributed by atoms with van der Waals surface area (Å²) in [5.74, 6) is -0.117. The number of amides is 1. The first-order chi connectivity index (χ1) is 13.5. The van der Waals surface area contributed by atoms with Crippen molar-refractivity contribution in [3.8, 4) is 0 Å². The van der Waals surface area contributed by atoms with E-state index >= 15 is 0 Å². The summed E-state index contributed by atoms with van der Waals surface area (Å²) in [6.07, 6.45) is 0.186. The Labute approximate surface area is 168 Å². The lowest BCUT2D eigenvalue weighted by atomic mass is 10.1. The quantitative estimate of drug-likeness (QED) is 0.603. The van der Waals surface area contributed by atoms with Crippen molar-refractivity contribution in [1.29, 1.82) is 0 Å². The van der Waals surface area contributed by atoms with Gasteiger partial charge in [0.25, 0.3) is 5.56 Å². The zero-order valence-corrected chi connectivity index (χ0v) is 16.9. The van der Waals surface area contributed by atoms with Crippen molar-refractivity contribution in [1.82, 2.24) is 19.8 Å². The maximum Gasteiger partial charge on any atom is 0.262 e. The van der Waals surface area contributed by atoms with Crippen molar-refractivity contribution in [2.45, 2.75) is 26.1 Å². The van der Waals surface area contributed by atoms with Gasteiger partial charge in [-0.2, -0.15) is 0 Å². The van der Waals surface area contributed by atoms with Crippen molar-refractivity contribution >= 4 is 29.0 Å². The maximum atomic E-state index is 12.6. The molecular weight excluding hydrogens is 372 g/mol. The van der Waals surface area contributed by atoms with Crippen LogP contribution in [-0.4, -0.2) is 34.5 Å². The Bertz CT molecular complexity index is 1100. The van der Waals surface area contributed by atoms with Crippen molar-refractivity contribution in [2.24, 2.45) is 0 Å². The predicted octanol–water partition coefficient (Wildman–Crippen LogP) is 2.83. The zero-order chi connectivity index (χ0) is 20.1. The summed E-state index contributed by atoms with van der Waals surface area (Å²) >= 11 is 5.29. The van der Waals surface area contributed by atoms with Crippen molar-refractivity contribution < 1.29 is 4.79 Å². The van der Waals surface area contributed by atoms with Crippen LogP contribution in [-0.2, 0) is 24.4 Å². The minimum Gasteiger partial charge on any atom is -0.352 e. The van der Waals surface area contributed by atoms with Crippen molar-refractivity contribution in [3.63, 3.8) is 0 Å². The molecule has 0 unspecified atom stereocenters. The lowest BCUT2D eigenvalue weighted by Crippen LogP contribution is -2.28. The number of hydrogen-bond acceptors (Lipinski definition) is 4. The van der Waals surface area contributed by atoms with Gasteiger partial charge >= 0.3 is 0 Å². The second kappa shape index (κ2) is 8.95. The van der Waals surface area contributed by atoms with Gasteiger partial charge in [-0.3, -0.25) is 14.2 Å². The summed E-state index contributed by atoms with van der Waals surface area (Å²) in [7, 11) is 4.03. The average Bonchev–Trinajstić information content (AvgIpc) is 2.66. The minimum absolute atomic E-state index is 0.117. The van der Waals surface area contributed by atoms with E-state index in [9.17, 15) is 9.59 Å². The number of nitrogens with one attached hydrogen (secondary N) is 2. The third kappa shape index (κ3) is 4.74. The van der Waals surface area contributed by atoms with Crippen LogP contribution in [0.25, 0.3) is 10.9 Å². The average molecular weight is 397 g/mol. The maximum absolute atomic E-state index is 12.6. The van der Waals surface area contributed by atoms with Crippen LogP contribution >= 0.6 is 12.2 Å². The number of hydrogen-bond donors (Lipinski definition) is 2. The number of rotatable bonds is 7. The van der Waals surface area contributed by atoms with E-state index in [-0.39, 0.29) is 24.4 Å². The van der Waals surface area contributed by atoms with Crippen LogP contribution in [0.15, 0.2) is 53.3 Å². The molecule has 0 atom stereocenters. The number of para-hydroxylation sites is 1. The molecule has 3 aromatic rings. The summed E-state index contributed by atoms with van der Waals surface area (Å²) in [4.78, 5) is 30.1. The third-order valence-corrected chi connectivity index (χ3v) is 4.86. The number of benzene rings is 2. The second-order valence-corrected chi connectivity index (χ2v) is 7.35. The third-order valence-electron chi connectivity index (χ3n) is 4.53. The lowest BCUT2D eigenvalue weighted by molar-refractivity contribution is -0.121. The molecule has 0 aliphatic rings. The van der Waals surface area contributed by atoms with Crippen LogP contribution in [0.4, 0.5) is 0 Å². The van der Waals surface area contributed by atoms with Crippen LogP contribution < -0.4 is 10.9 Å². The monoisotopic (exact) mass is 396 g/mol. The molecule has 0 aliphatic carbocycles. The van der Waals surface area contributed by atoms with E-state index in [2.05, 4.69) is 21.3 Å². The Hall–Kier alpha value is -2.77. The topological polar surface area (TPSA) is 70.1 Å². The number of nitrogens with zero attached hydrogens (tertiary/aromatic N) is 2. The summed E-state index contributed by atoms with van der Waals surface area (Å²) in [5.41, 5.74) is 2.80. The van der Waals surface area contributed by atoms with Gasteiger partial charge in [-0.15, -0.1) is 0 Å². The lowest BCUT2D eigenvalue weighted by Gasteiger charge is -2.15. The van der Waals surface area contributed by atoms with E-state index in [1.54, 1.807) is 6.07 Å². The molecule has 0 saturated heterocycles. The normalized spacial score (nSPS) is 11.1. The van der Waals surface area contributed by atoms with Gasteiger partial charge in [-0.25, -0.2) is 0 Å². The Morgan fingerprint density at radius 3 is 2.54 bits per heavy atom. The molecular formula is C21H24N4O2S. The van der Waals surface area contributed by atoms with Gasteiger partial charge in [0.05, 0.1) is 10.9 Å². The number of aromatic nitrogens is 2. The molecule has 3 rings (SSSR count). The van der Waals surface area contributed by atoms with Gasteiger partial charge in [-0.1, -0.05) is 36.4 Å². The molecule has 7 heteroatoms. The van der Waals surface area contributed by atoms with Gasteiger partial charge in [-0.05, 0) is 49.6 Å². The van der Waals surface area contributed by atoms with E-state index in [0.29, 0.717) is 22.2 Å². The van der Waals surface area contributed by atoms with Crippen LogP contribution in [0, 0.1) is 4.77 Å². The molecule has 1 heterocycles. The highest BCUT2D eigenvalue weighted by molar-refractivity contribution is 7.71. The number of carbonyl (C=O) groups is 1. The number of carbonyl (C=O) groups excluding carboxylic acids is 1. The predicted molar refractivity (Wildman–Crippen MR) is 114 cm³/mol. The molecule has 0 fully saturated rings. The van der Waals surface area contributed by atoms with Crippen LogP contribution in [0.1, 0.15) is 17.5 Å². The molecule has 0 aliphatic heterocycles. The highest BCUT2D eigenvalue weighted by Crippen LogP contribution is 2.10. The van der Waals surface area contributed by atoms with E-state index < -0.39 is 0 Å². The first-order valence-electron chi connectivity index (χ1n) is 9.16. The van der Waals surface area contributed by atoms with E-state index in [1.807, 2.05) is 50.5 Å². The molecule has 28 heavy (non-hydrogen) atoms. The fourth-order valence-corrected chi connectivity index (χ4v) is 3.41. The molecule has 0 bridgehead atoms. The minimum atomic E-state index is -0.177. The number of H-pyrrole nitrogens is 1. The smallest absolute Gasteiger partial charge is 0.262 e. The Morgan fingerprint density at radius 2 is 1.79 bits per heavy atom. The summed E-state index contributed by atoms with van der Waals surface area (Å²) < 4.78 is 1.77. The molecule has 1 amide bonds. The van der Waals surface area contributed by atoms with E-state index in [0.717, 1.165) is 12.1 Å². The van der Waals surface area contributed by atoms with E-state index in [4.69, 9.17) is 12.2 Å². The van der Waals surface area contributed by atoms with E-state index in [1.165, 1.54) is 10.1 Å². The Morgan fingerprint density at radius 1 is 1.11 bits per heavy atom. The molecule has 0 saturated carbocycles. The van der Waals surface area contributed by atoms with Crippen LogP contribution in [0.5, 0.6) is 0 Å². The van der Waals surface area contributed by atoms with Gasteiger partial charge in [0, 0.05) is 26.1 Å². The Kier molecular flexibility index (Phi) is 6.38. The van der Waals surface area contributed by atoms with Crippen LogP contribution in [0.2, 0.25) is 0 Å². The molecule has 0 spiro atoms. The second-order valence-electron chi connectivity index (χ2n) is 6.97. The zero-order valence-electron chi connectivity index (χ0n) is 16.1. The highest BCUT2D eigenvalue weighted by atomic mass is 32.1. The standard InChI is InChI=1S/C21H24N4O2S/c1-24(2)14-16-8-4-3-7-15(16)13-22-19(26)11-12-25-20(27)17-9-5-6-10-18(17)23-21(25)28/h3-10H,11-14H2,1-2H3,(H,22,26)(H,23,28). The fraction of sp³-hybridized carbons (Fsp3) is 0.286. The Balaban J connectivity index is 1.65. The largest absolute Gasteiger partial charge is 0.352 e. The number of aromatic amines is 1. The molecule has 2 aromatic carbocycles. The SMILES string of the molecule is CN(C)Cc1ccccc1CNC(=O)CCn1c(=S)[nH]c2ccccc2c1=O. The molecule has 2 N–H and O–H groups in total. The first-order valence-corrected chi connectivity index (χ1v) is 9.56. The van der Waals surface area contributed by atoms with Crippen LogP contribution in [0.3, 0.4) is 0 Å².